The number of carbonyl (C=O) groups excluding carboxylic acids is 1. The molecule has 2 rings (SSSR count). The van der Waals surface area contributed by atoms with Crippen molar-refractivity contribution in [1.82, 2.24) is 0 Å². The van der Waals surface area contributed by atoms with Gasteiger partial charge in [0, 0.05) is 0 Å². The highest BCUT2D eigenvalue weighted by molar-refractivity contribution is 9.10. The summed E-state index contributed by atoms with van der Waals surface area (Å²) < 4.78 is 14.1. The molecule has 0 spiro atoms. The number of benzene rings is 1. The highest BCUT2D eigenvalue weighted by atomic mass is 79.9. The Kier molecular flexibility index (Phi) is 4.21. The average molecular weight is 333 g/mol. The van der Waals surface area contributed by atoms with Gasteiger partial charge in [-0.05, 0) is 46.8 Å². The van der Waals surface area contributed by atoms with Gasteiger partial charge < -0.3 is 0 Å². The molecule has 0 heterocycles. The highest BCUT2D eigenvalue weighted by Crippen LogP contribution is 2.38. The van der Waals surface area contributed by atoms with Gasteiger partial charge in [-0.2, -0.15) is 4.99 Å². The third kappa shape index (κ3) is 2.66. The third-order valence-electron chi connectivity index (χ3n) is 3.45. The molecule has 1 aliphatic rings. The van der Waals surface area contributed by atoms with Crippen LogP contribution < -0.4 is 0 Å². The van der Waals surface area contributed by atoms with E-state index in [-0.39, 0.29) is 5.02 Å². The maximum Gasteiger partial charge on any atom is 0.235 e. The fourth-order valence-corrected chi connectivity index (χ4v) is 3.27. The molecule has 1 saturated carbocycles. The molecule has 0 aliphatic heterocycles. The number of rotatable bonds is 3. The van der Waals surface area contributed by atoms with Crippen molar-refractivity contribution in [3.05, 3.63) is 33.0 Å². The maximum absolute atomic E-state index is 13.7. The Balaban J connectivity index is 2.33. The van der Waals surface area contributed by atoms with Crippen LogP contribution in [-0.4, -0.2) is 11.6 Å². The number of halogens is 3. The van der Waals surface area contributed by atoms with Gasteiger partial charge in [-0.1, -0.05) is 30.5 Å². The van der Waals surface area contributed by atoms with Gasteiger partial charge in [0.2, 0.25) is 6.08 Å². The van der Waals surface area contributed by atoms with Crippen LogP contribution in [0.3, 0.4) is 0 Å². The van der Waals surface area contributed by atoms with Crippen molar-refractivity contribution in [3.63, 3.8) is 0 Å². The van der Waals surface area contributed by atoms with Crippen LogP contribution in [0.4, 0.5) is 4.39 Å². The van der Waals surface area contributed by atoms with E-state index < -0.39 is 11.4 Å². The minimum atomic E-state index is -0.461. The lowest BCUT2D eigenvalue weighted by Gasteiger charge is -2.23. The Morgan fingerprint density at radius 1 is 1.44 bits per heavy atom. The predicted molar refractivity (Wildman–Crippen MR) is 72.1 cm³/mol. The van der Waals surface area contributed by atoms with Crippen LogP contribution in [0.1, 0.15) is 31.2 Å². The second-order valence-corrected chi connectivity index (χ2v) is 5.85. The molecular formula is C13H12BrClFNO. The van der Waals surface area contributed by atoms with Crippen LogP contribution in [0.5, 0.6) is 0 Å². The summed E-state index contributed by atoms with van der Waals surface area (Å²) in [5.41, 5.74) is 0.377. The second kappa shape index (κ2) is 5.52. The minimum absolute atomic E-state index is 0.0879. The Hall–Kier alpha value is -0.700. The number of isocyanates is 1. The zero-order chi connectivity index (χ0) is 13.2. The molecular weight excluding hydrogens is 321 g/mol. The molecule has 0 saturated heterocycles. The van der Waals surface area contributed by atoms with Gasteiger partial charge in [-0.25, -0.2) is 9.18 Å². The first kappa shape index (κ1) is 13.7. The number of hydrogen-bond acceptors (Lipinski definition) is 2. The summed E-state index contributed by atoms with van der Waals surface area (Å²) in [7, 11) is 0. The van der Waals surface area contributed by atoms with E-state index >= 15 is 0 Å². The standard InChI is InChI=1S/C13H12BrClFNO/c14-11-9(3-4-10(15)12(11)16)7-13(17-8-18)5-1-2-6-13/h3-4H,1-2,5-7H2. The van der Waals surface area contributed by atoms with Gasteiger partial charge in [-0.15, -0.1) is 0 Å². The molecule has 5 heteroatoms. The van der Waals surface area contributed by atoms with Crippen molar-refractivity contribution in [2.24, 2.45) is 4.99 Å². The Morgan fingerprint density at radius 3 is 2.72 bits per heavy atom. The first-order chi connectivity index (χ1) is 8.58. The molecule has 0 bridgehead atoms. The van der Waals surface area contributed by atoms with E-state index in [1.165, 1.54) is 6.07 Å². The van der Waals surface area contributed by atoms with Crippen molar-refractivity contribution in [1.29, 1.82) is 0 Å². The van der Waals surface area contributed by atoms with Crippen LogP contribution >= 0.6 is 27.5 Å². The molecule has 1 aliphatic carbocycles. The lowest BCUT2D eigenvalue weighted by molar-refractivity contribution is 0.431. The lowest BCUT2D eigenvalue weighted by atomic mass is 9.90. The molecule has 0 amide bonds. The van der Waals surface area contributed by atoms with E-state index in [1.807, 2.05) is 0 Å². The zero-order valence-electron chi connectivity index (χ0n) is 9.68. The van der Waals surface area contributed by atoms with E-state index in [1.54, 1.807) is 12.1 Å². The van der Waals surface area contributed by atoms with E-state index in [9.17, 15) is 9.18 Å². The number of aliphatic imine (C=N–C) groups is 1. The van der Waals surface area contributed by atoms with Crippen LogP contribution in [0, 0.1) is 5.82 Å². The van der Waals surface area contributed by atoms with Gasteiger partial charge >= 0.3 is 0 Å². The monoisotopic (exact) mass is 331 g/mol. The number of nitrogens with zero attached hydrogens (tertiary/aromatic N) is 1. The second-order valence-electron chi connectivity index (χ2n) is 4.65. The van der Waals surface area contributed by atoms with Gasteiger partial charge in [0.25, 0.3) is 0 Å². The summed E-state index contributed by atoms with van der Waals surface area (Å²) in [4.78, 5) is 14.5. The molecule has 96 valence electrons. The first-order valence-corrected chi connectivity index (χ1v) is 6.96. The van der Waals surface area contributed by atoms with Crippen LogP contribution in [0.15, 0.2) is 21.6 Å². The van der Waals surface area contributed by atoms with Gasteiger partial charge in [0.05, 0.1) is 15.0 Å². The average Bonchev–Trinajstić information content (AvgIpc) is 2.79. The van der Waals surface area contributed by atoms with Crippen molar-refractivity contribution < 1.29 is 9.18 Å². The Morgan fingerprint density at radius 2 is 2.11 bits per heavy atom. The fourth-order valence-electron chi connectivity index (χ4n) is 2.51. The SMILES string of the molecule is O=C=NC1(Cc2ccc(Cl)c(F)c2Br)CCCC1. The predicted octanol–water partition coefficient (Wildman–Crippen LogP) is 4.43. The molecule has 0 atom stereocenters. The topological polar surface area (TPSA) is 29.4 Å². The van der Waals surface area contributed by atoms with Gasteiger partial charge in [0.1, 0.15) is 0 Å². The van der Waals surface area contributed by atoms with E-state index in [0.29, 0.717) is 10.9 Å². The summed E-state index contributed by atoms with van der Waals surface area (Å²) in [6.45, 7) is 0. The molecule has 0 N–H and O–H groups in total. The Bertz CT molecular complexity index is 508. The van der Waals surface area contributed by atoms with E-state index in [0.717, 1.165) is 31.2 Å². The van der Waals surface area contributed by atoms with Crippen molar-refractivity contribution in [3.8, 4) is 0 Å². The molecule has 18 heavy (non-hydrogen) atoms. The molecule has 0 radical (unpaired) electrons. The van der Waals surface area contributed by atoms with Crippen molar-refractivity contribution in [2.75, 3.05) is 0 Å². The molecule has 2 nitrogen and oxygen atoms in total. The smallest absolute Gasteiger partial charge is 0.211 e. The molecule has 0 aromatic heterocycles. The largest absolute Gasteiger partial charge is 0.235 e. The van der Waals surface area contributed by atoms with E-state index in [2.05, 4.69) is 20.9 Å². The van der Waals surface area contributed by atoms with E-state index in [4.69, 9.17) is 11.6 Å². The normalized spacial score (nSPS) is 17.5. The van der Waals surface area contributed by atoms with Gasteiger partial charge in [0.15, 0.2) is 5.82 Å². The summed E-state index contributed by atoms with van der Waals surface area (Å²) in [6.07, 6.45) is 5.97. The molecule has 1 fully saturated rings. The van der Waals surface area contributed by atoms with Crippen LogP contribution in [0.2, 0.25) is 5.02 Å². The summed E-state index contributed by atoms with van der Waals surface area (Å²) in [5, 5.41) is 0.0879. The number of hydrogen-bond donors (Lipinski definition) is 0. The fraction of sp³-hybridized carbons (Fsp3) is 0.462. The summed E-state index contributed by atoms with van der Waals surface area (Å²) in [5.74, 6) is -0.461. The lowest BCUT2D eigenvalue weighted by Crippen LogP contribution is -2.25. The molecule has 1 aromatic rings. The summed E-state index contributed by atoms with van der Waals surface area (Å²) >= 11 is 8.92. The van der Waals surface area contributed by atoms with Crippen molar-refractivity contribution in [2.45, 2.75) is 37.6 Å². The zero-order valence-corrected chi connectivity index (χ0v) is 12.0. The van der Waals surface area contributed by atoms with Crippen LogP contribution in [0.25, 0.3) is 0 Å². The first-order valence-electron chi connectivity index (χ1n) is 5.79. The highest BCUT2D eigenvalue weighted by Gasteiger charge is 2.34. The Labute approximate surface area is 118 Å². The quantitative estimate of drug-likeness (QED) is 0.457. The third-order valence-corrected chi connectivity index (χ3v) is 4.60. The van der Waals surface area contributed by atoms with Gasteiger partial charge in [-0.3, -0.25) is 0 Å². The van der Waals surface area contributed by atoms with Crippen molar-refractivity contribution >= 4 is 33.6 Å². The molecule has 0 unspecified atom stereocenters. The molecule has 1 aromatic carbocycles. The maximum atomic E-state index is 13.7. The minimum Gasteiger partial charge on any atom is -0.211 e. The van der Waals surface area contributed by atoms with Crippen LogP contribution in [-0.2, 0) is 11.2 Å². The summed E-state index contributed by atoms with van der Waals surface area (Å²) in [6, 6.07) is 3.31.